The molecule has 1 amide bonds. The van der Waals surface area contributed by atoms with Gasteiger partial charge in [-0.25, -0.2) is 4.79 Å². The first-order valence-electron chi connectivity index (χ1n) is 3.35. The van der Waals surface area contributed by atoms with E-state index < -0.39 is 11.3 Å². The predicted octanol–water partition coefficient (Wildman–Crippen LogP) is -0.255. The molecule has 2 fully saturated rings. The molecule has 2 atom stereocenters. The van der Waals surface area contributed by atoms with Gasteiger partial charge in [-0.2, -0.15) is 0 Å². The third kappa shape index (κ3) is 0.837. The first-order valence-corrected chi connectivity index (χ1v) is 4.40. The second-order valence-corrected chi connectivity index (χ2v) is 3.80. The zero-order valence-corrected chi connectivity index (χ0v) is 6.50. The van der Waals surface area contributed by atoms with E-state index >= 15 is 0 Å². The molecule has 4 nitrogen and oxygen atoms in total. The summed E-state index contributed by atoms with van der Waals surface area (Å²) in [6, 6.07) is 0.202. The van der Waals surface area contributed by atoms with Crippen LogP contribution in [0.5, 0.6) is 0 Å². The van der Waals surface area contributed by atoms with Gasteiger partial charge >= 0.3 is 5.97 Å². The van der Waals surface area contributed by atoms with E-state index in [-0.39, 0.29) is 11.9 Å². The number of hydrogen-bond donors (Lipinski definition) is 1. The highest BCUT2D eigenvalue weighted by molar-refractivity contribution is 8.00. The van der Waals surface area contributed by atoms with Crippen molar-refractivity contribution in [3.63, 3.8) is 0 Å². The number of carboxylic acid groups (broad SMARTS) is 1. The largest absolute Gasteiger partial charge is 0.479 e. The van der Waals surface area contributed by atoms with Crippen LogP contribution in [0.2, 0.25) is 0 Å². The molecular formula is C6H7NO3S. The van der Waals surface area contributed by atoms with Gasteiger partial charge in [0.2, 0.25) is 5.91 Å². The molecule has 2 unspecified atom stereocenters. The maximum atomic E-state index is 10.9. The zero-order valence-electron chi connectivity index (χ0n) is 5.69. The molecule has 2 aliphatic rings. The first-order chi connectivity index (χ1) is 5.20. The molecule has 2 aliphatic heterocycles. The van der Waals surface area contributed by atoms with Crippen molar-refractivity contribution in [3.05, 3.63) is 0 Å². The van der Waals surface area contributed by atoms with Gasteiger partial charge < -0.3 is 10.0 Å². The molecule has 60 valence electrons. The summed E-state index contributed by atoms with van der Waals surface area (Å²) >= 11 is 1.34. The Morgan fingerprint density at radius 3 is 2.91 bits per heavy atom. The second-order valence-electron chi connectivity index (χ2n) is 2.68. The lowest BCUT2D eigenvalue weighted by molar-refractivity contribution is -0.154. The molecular weight excluding hydrogens is 166 g/mol. The van der Waals surface area contributed by atoms with Crippen molar-refractivity contribution in [1.29, 1.82) is 0 Å². The van der Waals surface area contributed by atoms with Crippen molar-refractivity contribution >= 4 is 23.6 Å². The average molecular weight is 173 g/mol. The normalized spacial score (nSPS) is 34.9. The Bertz CT molecular complexity index is 222. The minimum Gasteiger partial charge on any atom is -0.479 e. The number of amides is 1. The van der Waals surface area contributed by atoms with E-state index in [1.54, 1.807) is 0 Å². The highest BCUT2D eigenvalue weighted by atomic mass is 32.2. The van der Waals surface area contributed by atoms with E-state index in [9.17, 15) is 9.59 Å². The molecule has 5 heteroatoms. The lowest BCUT2D eigenvalue weighted by atomic mass is 10.0. The number of rotatable bonds is 1. The van der Waals surface area contributed by atoms with Crippen molar-refractivity contribution in [3.8, 4) is 0 Å². The third-order valence-corrected chi connectivity index (χ3v) is 3.32. The summed E-state index contributed by atoms with van der Waals surface area (Å²) in [5.41, 5.74) is 0. The summed E-state index contributed by atoms with van der Waals surface area (Å²) in [5, 5.41) is 8.03. The fourth-order valence-electron chi connectivity index (χ4n) is 1.43. The smallest absolute Gasteiger partial charge is 0.337 e. The summed E-state index contributed by atoms with van der Waals surface area (Å²) in [6.07, 6.45) is 0.538. The Hall–Kier alpha value is -0.710. The van der Waals surface area contributed by atoms with Crippen LogP contribution in [0.4, 0.5) is 0 Å². The topological polar surface area (TPSA) is 57.6 Å². The van der Waals surface area contributed by atoms with Crippen molar-refractivity contribution in [2.24, 2.45) is 0 Å². The molecule has 0 bridgehead atoms. The Morgan fingerprint density at radius 1 is 1.73 bits per heavy atom. The van der Waals surface area contributed by atoms with E-state index in [1.165, 1.54) is 16.7 Å². The number of nitrogens with zero attached hydrogens (tertiary/aromatic N) is 1. The summed E-state index contributed by atoms with van der Waals surface area (Å²) in [7, 11) is 0. The molecule has 0 saturated carbocycles. The fraction of sp³-hybridized carbons (Fsp3) is 0.667. The maximum absolute atomic E-state index is 10.9. The van der Waals surface area contributed by atoms with Crippen LogP contribution >= 0.6 is 11.8 Å². The molecule has 2 rings (SSSR count). The Balaban J connectivity index is 2.14. The van der Waals surface area contributed by atoms with Gasteiger partial charge in [-0.05, 0) is 0 Å². The molecule has 0 aromatic rings. The SMILES string of the molecule is O=C(O)C1SCC2CC(=O)N21. The Morgan fingerprint density at radius 2 is 2.45 bits per heavy atom. The number of carbonyl (C=O) groups is 2. The van der Waals surface area contributed by atoms with Gasteiger partial charge in [-0.3, -0.25) is 4.79 Å². The van der Waals surface area contributed by atoms with Gasteiger partial charge in [0, 0.05) is 12.2 Å². The average Bonchev–Trinajstić information content (AvgIpc) is 2.25. The lowest BCUT2D eigenvalue weighted by Crippen LogP contribution is -2.54. The van der Waals surface area contributed by atoms with Crippen molar-refractivity contribution in [1.82, 2.24) is 4.90 Å². The minimum absolute atomic E-state index is 0.0209. The number of carboxylic acids is 1. The lowest BCUT2D eigenvalue weighted by Gasteiger charge is -2.35. The summed E-state index contributed by atoms with van der Waals surface area (Å²) in [6.45, 7) is 0. The van der Waals surface area contributed by atoms with E-state index in [1.807, 2.05) is 0 Å². The standard InChI is InChI=1S/C6H7NO3S/c8-4-1-3-2-11-5(6(9)10)7(3)4/h3,5H,1-2H2,(H,9,10). The number of aliphatic carboxylic acids is 1. The van der Waals surface area contributed by atoms with E-state index in [4.69, 9.17) is 5.11 Å². The van der Waals surface area contributed by atoms with Crippen LogP contribution in [0, 0.1) is 0 Å². The van der Waals surface area contributed by atoms with Crippen molar-refractivity contribution in [2.75, 3.05) is 5.75 Å². The van der Waals surface area contributed by atoms with Crippen LogP contribution in [0.15, 0.2) is 0 Å². The first kappa shape index (κ1) is 6.97. The molecule has 0 spiro atoms. The van der Waals surface area contributed by atoms with Gasteiger partial charge in [0.1, 0.15) is 0 Å². The van der Waals surface area contributed by atoms with E-state index in [0.717, 1.165) is 5.75 Å². The number of carbonyl (C=O) groups excluding carboxylic acids is 1. The van der Waals surface area contributed by atoms with E-state index in [2.05, 4.69) is 0 Å². The fourth-order valence-corrected chi connectivity index (χ4v) is 2.71. The second kappa shape index (κ2) is 2.14. The molecule has 0 aromatic heterocycles. The van der Waals surface area contributed by atoms with Gasteiger partial charge in [0.15, 0.2) is 5.37 Å². The highest BCUT2D eigenvalue weighted by Gasteiger charge is 2.49. The van der Waals surface area contributed by atoms with Gasteiger partial charge in [-0.15, -0.1) is 11.8 Å². The van der Waals surface area contributed by atoms with Crippen molar-refractivity contribution in [2.45, 2.75) is 17.8 Å². The molecule has 2 saturated heterocycles. The molecule has 2 heterocycles. The summed E-state index contributed by atoms with van der Waals surface area (Å²) in [4.78, 5) is 22.9. The van der Waals surface area contributed by atoms with Crippen molar-refractivity contribution < 1.29 is 14.7 Å². The van der Waals surface area contributed by atoms with E-state index in [0.29, 0.717) is 6.42 Å². The van der Waals surface area contributed by atoms with Gasteiger partial charge in [0.05, 0.1) is 6.04 Å². The zero-order chi connectivity index (χ0) is 8.01. The van der Waals surface area contributed by atoms with Gasteiger partial charge in [0.25, 0.3) is 0 Å². The van der Waals surface area contributed by atoms with Crippen LogP contribution in [-0.2, 0) is 9.59 Å². The Labute approximate surface area is 67.6 Å². The molecule has 0 radical (unpaired) electrons. The maximum Gasteiger partial charge on any atom is 0.337 e. The minimum atomic E-state index is -0.898. The van der Waals surface area contributed by atoms with Gasteiger partial charge in [-0.1, -0.05) is 0 Å². The predicted molar refractivity (Wildman–Crippen MR) is 39.1 cm³/mol. The Kier molecular flexibility index (Phi) is 1.35. The number of hydrogen-bond acceptors (Lipinski definition) is 3. The quantitative estimate of drug-likeness (QED) is 0.555. The molecule has 0 aliphatic carbocycles. The van der Waals surface area contributed by atoms with Crippen LogP contribution < -0.4 is 0 Å². The molecule has 11 heavy (non-hydrogen) atoms. The van der Waals surface area contributed by atoms with Crippen LogP contribution in [-0.4, -0.2) is 39.1 Å². The number of thioether (sulfide) groups is 1. The van der Waals surface area contributed by atoms with Crippen LogP contribution in [0.1, 0.15) is 6.42 Å². The van der Waals surface area contributed by atoms with Crippen LogP contribution in [0.3, 0.4) is 0 Å². The summed E-state index contributed by atoms with van der Waals surface area (Å²) < 4.78 is 0. The van der Waals surface area contributed by atoms with Crippen LogP contribution in [0.25, 0.3) is 0 Å². The number of fused-ring (bicyclic) bond motifs is 1. The monoisotopic (exact) mass is 173 g/mol. The third-order valence-electron chi connectivity index (χ3n) is 2.00. The highest BCUT2D eigenvalue weighted by Crippen LogP contribution is 2.37. The molecule has 0 aromatic carbocycles. The summed E-state index contributed by atoms with van der Waals surface area (Å²) in [5.74, 6) is -0.138. The number of β-lactam (4-membered cyclic amide) rings is 1. The molecule has 1 N–H and O–H groups in total.